The summed E-state index contributed by atoms with van der Waals surface area (Å²) in [4.78, 5) is 11.0. The number of halogens is 1. The van der Waals surface area contributed by atoms with E-state index in [1.807, 2.05) is 41.5 Å². The van der Waals surface area contributed by atoms with Gasteiger partial charge in [0, 0.05) is 5.54 Å². The molecule has 0 aliphatic heterocycles. The lowest BCUT2D eigenvalue weighted by molar-refractivity contribution is -0.143. The highest BCUT2D eigenvalue weighted by Crippen LogP contribution is 2.09. The molecule has 1 atom stereocenters. The van der Waals surface area contributed by atoms with Gasteiger partial charge < -0.3 is 9.84 Å². The van der Waals surface area contributed by atoms with Crippen LogP contribution in [0.2, 0.25) is 0 Å². The molecule has 0 radical (unpaired) electrons. The van der Waals surface area contributed by atoms with Crippen LogP contribution in [-0.4, -0.2) is 34.9 Å². The SMILES string of the molecule is CC(C)(C)NC(COC(C)(C)C)C(=O)O.Cl. The number of nitrogens with one attached hydrogen (secondary N) is 1. The first-order valence-electron chi connectivity index (χ1n) is 5.16. The van der Waals surface area contributed by atoms with E-state index < -0.39 is 12.0 Å². The van der Waals surface area contributed by atoms with Crippen molar-refractivity contribution in [1.29, 1.82) is 0 Å². The standard InChI is InChI=1S/C11H23NO3.ClH/c1-10(2,3)12-8(9(13)14)7-15-11(4,5)6;/h8,12H,7H2,1-6H3,(H,13,14);1H. The topological polar surface area (TPSA) is 58.6 Å². The summed E-state index contributed by atoms with van der Waals surface area (Å²) in [6, 6.07) is -0.663. The number of rotatable bonds is 4. The molecule has 0 aromatic carbocycles. The van der Waals surface area contributed by atoms with Gasteiger partial charge in [-0.25, -0.2) is 0 Å². The molecule has 0 saturated heterocycles. The summed E-state index contributed by atoms with van der Waals surface area (Å²) in [5.74, 6) is -0.880. The summed E-state index contributed by atoms with van der Waals surface area (Å²) in [5, 5.41) is 12.0. The van der Waals surface area contributed by atoms with Crippen LogP contribution in [0.1, 0.15) is 41.5 Å². The van der Waals surface area contributed by atoms with Crippen molar-refractivity contribution < 1.29 is 14.6 Å². The molecule has 0 aromatic heterocycles. The Hall–Kier alpha value is -0.320. The zero-order chi connectivity index (χ0) is 12.3. The molecule has 98 valence electrons. The quantitative estimate of drug-likeness (QED) is 0.805. The molecule has 0 aliphatic rings. The Balaban J connectivity index is 0. The second kappa shape index (κ2) is 6.42. The van der Waals surface area contributed by atoms with E-state index in [1.54, 1.807) is 0 Å². The van der Waals surface area contributed by atoms with Crippen LogP contribution in [0.25, 0.3) is 0 Å². The Morgan fingerprint density at radius 3 is 1.94 bits per heavy atom. The largest absolute Gasteiger partial charge is 0.480 e. The predicted octanol–water partition coefficient (Wildman–Crippen LogP) is 2.06. The Kier molecular flexibility index (Phi) is 7.25. The van der Waals surface area contributed by atoms with Crippen molar-refractivity contribution >= 4 is 18.4 Å². The highest BCUT2D eigenvalue weighted by Gasteiger charge is 2.25. The Bertz CT molecular complexity index is 218. The maximum Gasteiger partial charge on any atom is 0.323 e. The van der Waals surface area contributed by atoms with E-state index in [9.17, 15) is 4.79 Å². The zero-order valence-electron chi connectivity index (χ0n) is 11.0. The van der Waals surface area contributed by atoms with Gasteiger partial charge in [-0.15, -0.1) is 12.4 Å². The summed E-state index contributed by atoms with van der Waals surface area (Å²) < 4.78 is 5.46. The number of hydrogen-bond acceptors (Lipinski definition) is 3. The van der Waals surface area contributed by atoms with Gasteiger partial charge in [0.1, 0.15) is 6.04 Å². The van der Waals surface area contributed by atoms with Crippen molar-refractivity contribution in [3.05, 3.63) is 0 Å². The fraction of sp³-hybridized carbons (Fsp3) is 0.909. The Morgan fingerprint density at radius 2 is 1.69 bits per heavy atom. The molecule has 16 heavy (non-hydrogen) atoms. The summed E-state index contributed by atoms with van der Waals surface area (Å²) in [5.41, 5.74) is -0.544. The highest BCUT2D eigenvalue weighted by molar-refractivity contribution is 5.85. The normalized spacial score (nSPS) is 14.1. The molecular weight excluding hydrogens is 230 g/mol. The molecule has 0 bridgehead atoms. The predicted molar refractivity (Wildman–Crippen MR) is 67.3 cm³/mol. The second-order valence-electron chi connectivity index (χ2n) is 5.71. The van der Waals surface area contributed by atoms with Gasteiger partial charge in [-0.3, -0.25) is 10.1 Å². The van der Waals surface area contributed by atoms with Crippen molar-refractivity contribution in [2.24, 2.45) is 0 Å². The van der Waals surface area contributed by atoms with Crippen molar-refractivity contribution in [2.75, 3.05) is 6.61 Å². The van der Waals surface area contributed by atoms with Gasteiger partial charge in [-0.1, -0.05) is 0 Å². The van der Waals surface area contributed by atoms with Crippen LogP contribution in [0.4, 0.5) is 0 Å². The van der Waals surface area contributed by atoms with Crippen LogP contribution in [0, 0.1) is 0 Å². The number of carboxylic acid groups (broad SMARTS) is 1. The van der Waals surface area contributed by atoms with E-state index in [0.29, 0.717) is 0 Å². The number of ether oxygens (including phenoxy) is 1. The minimum absolute atomic E-state index is 0. The zero-order valence-corrected chi connectivity index (χ0v) is 11.8. The van der Waals surface area contributed by atoms with Crippen LogP contribution in [0.5, 0.6) is 0 Å². The minimum Gasteiger partial charge on any atom is -0.480 e. The van der Waals surface area contributed by atoms with Crippen molar-refractivity contribution in [2.45, 2.75) is 58.7 Å². The molecule has 0 spiro atoms. The average molecular weight is 254 g/mol. The second-order valence-corrected chi connectivity index (χ2v) is 5.71. The third kappa shape index (κ3) is 10.2. The molecule has 0 heterocycles. The van der Waals surface area contributed by atoms with Gasteiger partial charge in [-0.05, 0) is 41.5 Å². The van der Waals surface area contributed by atoms with E-state index in [1.165, 1.54) is 0 Å². The van der Waals surface area contributed by atoms with E-state index >= 15 is 0 Å². The van der Waals surface area contributed by atoms with Crippen molar-refractivity contribution in [3.63, 3.8) is 0 Å². The molecule has 0 aliphatic carbocycles. The van der Waals surface area contributed by atoms with Gasteiger partial charge in [0.25, 0.3) is 0 Å². The molecule has 0 aromatic rings. The number of hydrogen-bond donors (Lipinski definition) is 2. The lowest BCUT2D eigenvalue weighted by Gasteiger charge is -2.28. The first kappa shape index (κ1) is 18.1. The number of carbonyl (C=O) groups is 1. The maximum absolute atomic E-state index is 11.0. The van der Waals surface area contributed by atoms with Crippen LogP contribution in [0.15, 0.2) is 0 Å². The van der Waals surface area contributed by atoms with Crippen LogP contribution in [0.3, 0.4) is 0 Å². The van der Waals surface area contributed by atoms with Crippen molar-refractivity contribution in [3.8, 4) is 0 Å². The Labute approximate surface area is 104 Å². The lowest BCUT2D eigenvalue weighted by Crippen LogP contribution is -2.50. The van der Waals surface area contributed by atoms with Crippen LogP contribution < -0.4 is 5.32 Å². The molecule has 2 N–H and O–H groups in total. The number of carboxylic acids is 1. The number of aliphatic carboxylic acids is 1. The first-order chi connectivity index (χ1) is 6.51. The molecule has 0 saturated carbocycles. The molecule has 4 nitrogen and oxygen atoms in total. The van der Waals surface area contributed by atoms with Gasteiger partial charge in [0.2, 0.25) is 0 Å². The van der Waals surface area contributed by atoms with Crippen LogP contribution >= 0.6 is 12.4 Å². The summed E-state index contributed by atoms with van der Waals surface area (Å²) in [7, 11) is 0. The Morgan fingerprint density at radius 1 is 1.25 bits per heavy atom. The van der Waals surface area contributed by atoms with E-state index in [4.69, 9.17) is 9.84 Å². The van der Waals surface area contributed by atoms with Crippen LogP contribution in [-0.2, 0) is 9.53 Å². The average Bonchev–Trinajstić information content (AvgIpc) is 1.93. The summed E-state index contributed by atoms with van der Waals surface area (Å²) in [6.45, 7) is 11.7. The lowest BCUT2D eigenvalue weighted by atomic mass is 10.1. The van der Waals surface area contributed by atoms with E-state index in [2.05, 4.69) is 5.32 Å². The fourth-order valence-electron chi connectivity index (χ4n) is 1.03. The smallest absolute Gasteiger partial charge is 0.323 e. The highest BCUT2D eigenvalue weighted by atomic mass is 35.5. The summed E-state index contributed by atoms with van der Waals surface area (Å²) in [6.07, 6.45) is 0. The van der Waals surface area contributed by atoms with Gasteiger partial charge in [0.15, 0.2) is 0 Å². The van der Waals surface area contributed by atoms with Gasteiger partial charge in [-0.2, -0.15) is 0 Å². The monoisotopic (exact) mass is 253 g/mol. The molecule has 1 unspecified atom stereocenters. The van der Waals surface area contributed by atoms with Gasteiger partial charge in [0.05, 0.1) is 12.2 Å². The third-order valence-corrected chi connectivity index (χ3v) is 1.59. The summed E-state index contributed by atoms with van der Waals surface area (Å²) >= 11 is 0. The van der Waals surface area contributed by atoms with Crippen molar-refractivity contribution in [1.82, 2.24) is 5.32 Å². The molecule has 0 amide bonds. The molecule has 0 rings (SSSR count). The molecule has 5 heteroatoms. The first-order valence-corrected chi connectivity index (χ1v) is 5.16. The molecule has 0 fully saturated rings. The minimum atomic E-state index is -0.880. The van der Waals surface area contributed by atoms with E-state index in [0.717, 1.165) is 0 Å². The molecular formula is C11H24ClNO3. The third-order valence-electron chi connectivity index (χ3n) is 1.59. The van der Waals surface area contributed by atoms with Gasteiger partial charge >= 0.3 is 5.97 Å². The maximum atomic E-state index is 11.0. The van der Waals surface area contributed by atoms with E-state index in [-0.39, 0.29) is 30.2 Å². The fourth-order valence-corrected chi connectivity index (χ4v) is 1.03.